The lowest BCUT2D eigenvalue weighted by Crippen LogP contribution is -2.21. The van der Waals surface area contributed by atoms with Gasteiger partial charge in [-0.15, -0.1) is 0 Å². The van der Waals surface area contributed by atoms with Gasteiger partial charge in [-0.05, 0) is 70.2 Å². The monoisotopic (exact) mass is 455 g/mol. The summed E-state index contributed by atoms with van der Waals surface area (Å²) in [4.78, 5) is 19.1. The minimum Gasteiger partial charge on any atom is -0.445 e. The molecule has 2 atom stereocenters. The number of rotatable bonds is 5. The van der Waals surface area contributed by atoms with Crippen LogP contribution in [0, 0.1) is 5.92 Å². The average molecular weight is 457 g/mol. The first-order valence-corrected chi connectivity index (χ1v) is 9.77. The van der Waals surface area contributed by atoms with Gasteiger partial charge in [0, 0.05) is 31.9 Å². The van der Waals surface area contributed by atoms with Gasteiger partial charge in [0.1, 0.15) is 11.6 Å². The van der Waals surface area contributed by atoms with Gasteiger partial charge in [0.25, 0.3) is 5.91 Å². The van der Waals surface area contributed by atoms with E-state index >= 15 is 0 Å². The van der Waals surface area contributed by atoms with E-state index in [1.54, 1.807) is 24.4 Å². The van der Waals surface area contributed by atoms with E-state index in [2.05, 4.69) is 38.1 Å². The summed E-state index contributed by atoms with van der Waals surface area (Å²) in [6.45, 7) is 5.24. The third-order valence-corrected chi connectivity index (χ3v) is 4.88. The molecular formula is C19H20BrClFN3O2. The Morgan fingerprint density at radius 1 is 1.44 bits per heavy atom. The summed E-state index contributed by atoms with van der Waals surface area (Å²) in [6, 6.07) is 8.04. The van der Waals surface area contributed by atoms with Crippen LogP contribution < -0.4 is 15.0 Å². The van der Waals surface area contributed by atoms with E-state index in [9.17, 15) is 9.18 Å². The zero-order valence-electron chi connectivity index (χ0n) is 15.0. The number of aromatic nitrogens is 1. The van der Waals surface area contributed by atoms with Gasteiger partial charge in [-0.1, -0.05) is 6.92 Å². The molecule has 0 bridgehead atoms. The van der Waals surface area contributed by atoms with Crippen LogP contribution in [0.4, 0.5) is 15.9 Å². The van der Waals surface area contributed by atoms with Crippen LogP contribution in [-0.4, -0.2) is 29.3 Å². The molecule has 0 spiro atoms. The lowest BCUT2D eigenvalue weighted by atomic mass is 10.2. The Morgan fingerprint density at radius 3 is 2.70 bits per heavy atom. The molecule has 0 aliphatic carbocycles. The van der Waals surface area contributed by atoms with Crippen molar-refractivity contribution < 1.29 is 13.9 Å². The number of alkyl halides is 2. The van der Waals surface area contributed by atoms with Crippen LogP contribution in [0.2, 0.25) is 0 Å². The Kier molecular flexibility index (Phi) is 5.91. The quantitative estimate of drug-likeness (QED) is 0.628. The van der Waals surface area contributed by atoms with Crippen LogP contribution in [0.15, 0.2) is 41.0 Å². The van der Waals surface area contributed by atoms with Gasteiger partial charge >= 0.3 is 5.31 Å². The molecule has 1 N–H and O–H groups in total. The van der Waals surface area contributed by atoms with Crippen molar-refractivity contribution in [2.24, 2.45) is 5.92 Å². The molecule has 2 aromatic rings. The fourth-order valence-corrected chi connectivity index (χ4v) is 3.62. The van der Waals surface area contributed by atoms with Gasteiger partial charge in [-0.25, -0.2) is 4.98 Å². The zero-order chi connectivity index (χ0) is 19.6. The second-order valence-corrected chi connectivity index (χ2v) is 8.29. The summed E-state index contributed by atoms with van der Waals surface area (Å²) >= 11 is 8.90. The van der Waals surface area contributed by atoms with E-state index in [0.717, 1.165) is 36.7 Å². The minimum absolute atomic E-state index is 0.265. The molecule has 5 nitrogen and oxygen atoms in total. The summed E-state index contributed by atoms with van der Waals surface area (Å²) in [7, 11) is 0. The molecule has 1 aliphatic rings. The second-order valence-electron chi connectivity index (χ2n) is 6.76. The average Bonchev–Trinajstić information content (AvgIpc) is 3.01. The maximum Gasteiger partial charge on any atom is 0.324 e. The van der Waals surface area contributed by atoms with Gasteiger partial charge in [0.2, 0.25) is 0 Å². The summed E-state index contributed by atoms with van der Waals surface area (Å²) in [5, 5.41) is 0.496. The highest BCUT2D eigenvalue weighted by Crippen LogP contribution is 2.29. The number of carbonyl (C=O) groups is 1. The van der Waals surface area contributed by atoms with E-state index in [4.69, 9.17) is 16.3 Å². The van der Waals surface area contributed by atoms with Crippen molar-refractivity contribution in [1.82, 2.24) is 4.98 Å². The number of ether oxygens (including phenoxy) is 1. The number of anilines is 2. The van der Waals surface area contributed by atoms with Crippen molar-refractivity contribution >= 4 is 44.9 Å². The molecule has 1 aromatic heterocycles. The summed E-state index contributed by atoms with van der Waals surface area (Å²) in [5.74, 6) is 1.47. The first-order valence-electron chi connectivity index (χ1n) is 8.60. The predicted octanol–water partition coefficient (Wildman–Crippen LogP) is 5.20. The molecule has 144 valence electrons. The number of carbonyl (C=O) groups excluding carboxylic acids is 1. The lowest BCUT2D eigenvalue weighted by Gasteiger charge is -2.19. The van der Waals surface area contributed by atoms with Crippen molar-refractivity contribution in [3.05, 3.63) is 46.6 Å². The van der Waals surface area contributed by atoms with Crippen LogP contribution >= 0.6 is 27.5 Å². The third kappa shape index (κ3) is 5.32. The molecule has 0 saturated carbocycles. The van der Waals surface area contributed by atoms with Crippen LogP contribution in [-0.2, 0) is 0 Å². The zero-order valence-corrected chi connectivity index (χ0v) is 17.3. The summed E-state index contributed by atoms with van der Waals surface area (Å²) in [5.41, 5.74) is 0.992. The van der Waals surface area contributed by atoms with E-state index in [0.29, 0.717) is 17.2 Å². The Labute approximate surface area is 171 Å². The van der Waals surface area contributed by atoms with Crippen molar-refractivity contribution in [1.29, 1.82) is 0 Å². The maximum absolute atomic E-state index is 13.3. The van der Waals surface area contributed by atoms with Crippen molar-refractivity contribution in [3.8, 4) is 5.75 Å². The molecule has 3 rings (SSSR count). The number of benzene rings is 1. The van der Waals surface area contributed by atoms with Gasteiger partial charge in [0.15, 0.2) is 0 Å². The standard InChI is InChI=1S/C19H20BrClFN3O2/c1-12-7-8-25(11-12)17-16(20)9-13(10-23-17)18(26)24-14-3-5-15(6-4-14)27-19(2,21)22/h3-6,9-10,12H,7-8,11H2,1-2H3,(H,24,26)/t12-,19?/m1/s1. The Morgan fingerprint density at radius 2 is 2.15 bits per heavy atom. The molecule has 2 heterocycles. The fourth-order valence-electron chi connectivity index (χ4n) is 2.93. The number of halogens is 3. The largest absolute Gasteiger partial charge is 0.445 e. The molecule has 1 unspecified atom stereocenters. The molecule has 1 aliphatic heterocycles. The fraction of sp³-hybridized carbons (Fsp3) is 0.368. The smallest absolute Gasteiger partial charge is 0.324 e. The van der Waals surface area contributed by atoms with E-state index in [-0.39, 0.29) is 11.7 Å². The normalized spacial score (nSPS) is 18.9. The maximum atomic E-state index is 13.3. The first kappa shape index (κ1) is 19.9. The van der Waals surface area contributed by atoms with Gasteiger partial charge in [0.05, 0.1) is 10.0 Å². The first-order chi connectivity index (χ1) is 12.7. The molecule has 0 radical (unpaired) electrons. The van der Waals surface area contributed by atoms with Gasteiger partial charge < -0.3 is 15.0 Å². The summed E-state index contributed by atoms with van der Waals surface area (Å²) < 4.78 is 19.0. The third-order valence-electron chi connectivity index (χ3n) is 4.22. The Balaban J connectivity index is 1.66. The SMILES string of the molecule is C[C@@H]1CCN(c2ncc(C(=O)Nc3ccc(OC(C)(F)Cl)cc3)cc2Br)C1. The predicted molar refractivity (Wildman–Crippen MR) is 108 cm³/mol. The molecule has 1 aromatic carbocycles. The number of hydrogen-bond donors (Lipinski definition) is 1. The lowest BCUT2D eigenvalue weighted by molar-refractivity contribution is 0.0399. The minimum atomic E-state index is -2.28. The number of pyridine rings is 1. The van der Waals surface area contributed by atoms with Crippen molar-refractivity contribution in [3.63, 3.8) is 0 Å². The van der Waals surface area contributed by atoms with Crippen LogP contribution in [0.1, 0.15) is 30.6 Å². The number of nitrogens with one attached hydrogen (secondary N) is 1. The van der Waals surface area contributed by atoms with Gasteiger partial charge in [-0.2, -0.15) is 4.39 Å². The highest BCUT2D eigenvalue weighted by atomic mass is 79.9. The van der Waals surface area contributed by atoms with Crippen LogP contribution in [0.5, 0.6) is 5.75 Å². The molecule has 27 heavy (non-hydrogen) atoms. The second kappa shape index (κ2) is 8.02. The number of nitrogens with zero attached hydrogens (tertiary/aromatic N) is 2. The van der Waals surface area contributed by atoms with Crippen molar-refractivity contribution in [2.75, 3.05) is 23.3 Å². The van der Waals surface area contributed by atoms with E-state index in [1.165, 1.54) is 12.1 Å². The molecule has 8 heteroatoms. The van der Waals surface area contributed by atoms with E-state index < -0.39 is 5.31 Å². The Hall–Kier alpha value is -1.86. The highest BCUT2D eigenvalue weighted by molar-refractivity contribution is 9.10. The summed E-state index contributed by atoms with van der Waals surface area (Å²) in [6.07, 6.45) is 2.71. The van der Waals surface area contributed by atoms with Gasteiger partial charge in [-0.3, -0.25) is 4.79 Å². The molecule has 1 amide bonds. The highest BCUT2D eigenvalue weighted by Gasteiger charge is 2.23. The van der Waals surface area contributed by atoms with E-state index in [1.807, 2.05) is 0 Å². The van der Waals surface area contributed by atoms with Crippen LogP contribution in [0.25, 0.3) is 0 Å². The van der Waals surface area contributed by atoms with Crippen LogP contribution in [0.3, 0.4) is 0 Å². The molecule has 1 saturated heterocycles. The number of hydrogen-bond acceptors (Lipinski definition) is 4. The number of amides is 1. The topological polar surface area (TPSA) is 54.5 Å². The molecular weight excluding hydrogens is 437 g/mol. The Bertz CT molecular complexity index is 827. The van der Waals surface area contributed by atoms with Crippen molar-refractivity contribution in [2.45, 2.75) is 25.6 Å². The molecule has 1 fully saturated rings.